The summed E-state index contributed by atoms with van der Waals surface area (Å²) in [6, 6.07) is 11.3. The standard InChI is InChI=1S/C21H32N2O/c1-3-8-19(18-9-5-4-6-10-18)15-23-14-12-21(17-24)11-7-13-22(2)20(21)16-23/h4-6,8-10,20,24H,3,7,11-17H2,1-2H3/b19-8-/t20-,21-/m1/s1. The van der Waals surface area contributed by atoms with Crippen LogP contribution in [0.2, 0.25) is 0 Å². The maximum absolute atomic E-state index is 10.1. The molecule has 1 aromatic carbocycles. The van der Waals surface area contributed by atoms with Crippen molar-refractivity contribution in [3.8, 4) is 0 Å². The summed E-state index contributed by atoms with van der Waals surface area (Å²) in [5.74, 6) is 0. The van der Waals surface area contributed by atoms with Crippen molar-refractivity contribution in [2.45, 2.75) is 38.6 Å². The van der Waals surface area contributed by atoms with Crippen molar-refractivity contribution in [2.24, 2.45) is 5.41 Å². The average molecular weight is 328 g/mol. The van der Waals surface area contributed by atoms with Crippen molar-refractivity contribution in [3.63, 3.8) is 0 Å². The van der Waals surface area contributed by atoms with Gasteiger partial charge in [0.1, 0.15) is 0 Å². The maximum Gasteiger partial charge on any atom is 0.0503 e. The molecule has 2 fully saturated rings. The Labute approximate surface area is 147 Å². The second kappa shape index (κ2) is 7.81. The number of hydrogen-bond acceptors (Lipinski definition) is 3. The number of likely N-dealkylation sites (N-methyl/N-ethyl adjacent to an activating group) is 1. The second-order valence-corrected chi connectivity index (χ2v) is 7.61. The first-order chi connectivity index (χ1) is 11.7. The number of likely N-dealkylation sites (tertiary alicyclic amines) is 2. The second-order valence-electron chi connectivity index (χ2n) is 7.61. The van der Waals surface area contributed by atoms with Crippen LogP contribution in [0.25, 0.3) is 5.57 Å². The van der Waals surface area contributed by atoms with Crippen molar-refractivity contribution in [2.75, 3.05) is 39.8 Å². The minimum absolute atomic E-state index is 0.130. The third-order valence-electron chi connectivity index (χ3n) is 6.09. The molecule has 132 valence electrons. The van der Waals surface area contributed by atoms with Gasteiger partial charge in [0, 0.05) is 24.5 Å². The molecule has 24 heavy (non-hydrogen) atoms. The van der Waals surface area contributed by atoms with Gasteiger partial charge in [0.2, 0.25) is 0 Å². The molecular weight excluding hydrogens is 296 g/mol. The number of rotatable bonds is 5. The van der Waals surface area contributed by atoms with Crippen molar-refractivity contribution in [3.05, 3.63) is 42.0 Å². The van der Waals surface area contributed by atoms with Crippen LogP contribution in [0.4, 0.5) is 0 Å². The molecule has 2 aliphatic rings. The van der Waals surface area contributed by atoms with Gasteiger partial charge in [-0.1, -0.05) is 43.3 Å². The molecule has 1 aromatic rings. The lowest BCUT2D eigenvalue weighted by molar-refractivity contribution is -0.0640. The Hall–Kier alpha value is -1.16. The molecule has 3 rings (SSSR count). The first kappa shape index (κ1) is 17.7. The number of benzene rings is 1. The molecule has 2 heterocycles. The topological polar surface area (TPSA) is 26.7 Å². The molecule has 0 spiro atoms. The normalized spacial score (nSPS) is 29.5. The van der Waals surface area contributed by atoms with Crippen LogP contribution in [0.3, 0.4) is 0 Å². The number of nitrogens with zero attached hydrogens (tertiary/aromatic N) is 2. The molecule has 2 atom stereocenters. The number of fused-ring (bicyclic) bond motifs is 1. The highest BCUT2D eigenvalue weighted by Crippen LogP contribution is 2.41. The van der Waals surface area contributed by atoms with Crippen LogP contribution in [-0.2, 0) is 0 Å². The Balaban J connectivity index is 1.73. The van der Waals surface area contributed by atoms with Crippen LogP contribution in [0.5, 0.6) is 0 Å². The quantitative estimate of drug-likeness (QED) is 0.899. The number of aliphatic hydroxyl groups is 1. The maximum atomic E-state index is 10.1. The fourth-order valence-corrected chi connectivity index (χ4v) is 4.63. The van der Waals surface area contributed by atoms with Gasteiger partial charge in [-0.3, -0.25) is 4.90 Å². The van der Waals surface area contributed by atoms with E-state index in [1.807, 2.05) is 0 Å². The van der Waals surface area contributed by atoms with E-state index in [4.69, 9.17) is 0 Å². The zero-order valence-electron chi connectivity index (χ0n) is 15.2. The van der Waals surface area contributed by atoms with Gasteiger partial charge in [-0.05, 0) is 57.0 Å². The Kier molecular flexibility index (Phi) is 5.75. The van der Waals surface area contributed by atoms with Crippen LogP contribution in [0.1, 0.15) is 38.2 Å². The SMILES string of the molecule is CC/C=C(/CN1CC[C@@]2(CO)CCCN(C)[C@@H]2C1)c1ccccc1. The summed E-state index contributed by atoms with van der Waals surface area (Å²) in [4.78, 5) is 5.08. The lowest BCUT2D eigenvalue weighted by atomic mass is 9.69. The summed E-state index contributed by atoms with van der Waals surface area (Å²) in [5, 5.41) is 10.1. The van der Waals surface area contributed by atoms with E-state index in [2.05, 4.69) is 60.2 Å². The van der Waals surface area contributed by atoms with Gasteiger partial charge in [-0.25, -0.2) is 0 Å². The van der Waals surface area contributed by atoms with E-state index in [0.29, 0.717) is 12.6 Å². The molecule has 0 amide bonds. The highest BCUT2D eigenvalue weighted by Gasteiger charge is 2.46. The molecule has 0 aromatic heterocycles. The molecule has 0 radical (unpaired) electrons. The van der Waals surface area contributed by atoms with Crippen molar-refractivity contribution in [1.82, 2.24) is 9.80 Å². The number of hydrogen-bond donors (Lipinski definition) is 1. The van der Waals surface area contributed by atoms with Gasteiger partial charge in [-0.2, -0.15) is 0 Å². The number of piperidine rings is 2. The van der Waals surface area contributed by atoms with Crippen LogP contribution in [0, 0.1) is 5.41 Å². The number of aliphatic hydroxyl groups excluding tert-OH is 1. The Morgan fingerprint density at radius 3 is 2.75 bits per heavy atom. The Morgan fingerprint density at radius 2 is 2.04 bits per heavy atom. The predicted molar refractivity (Wildman–Crippen MR) is 101 cm³/mol. The summed E-state index contributed by atoms with van der Waals surface area (Å²) in [6.07, 6.45) is 6.96. The van der Waals surface area contributed by atoms with E-state index < -0.39 is 0 Å². The Morgan fingerprint density at radius 1 is 1.25 bits per heavy atom. The minimum Gasteiger partial charge on any atom is -0.396 e. The summed E-state index contributed by atoms with van der Waals surface area (Å²) >= 11 is 0. The zero-order valence-corrected chi connectivity index (χ0v) is 15.2. The molecule has 2 saturated heterocycles. The molecule has 2 aliphatic heterocycles. The van der Waals surface area contributed by atoms with E-state index >= 15 is 0 Å². The van der Waals surface area contributed by atoms with Crippen molar-refractivity contribution in [1.29, 1.82) is 0 Å². The summed E-state index contributed by atoms with van der Waals surface area (Å²) in [6.45, 7) is 6.90. The molecule has 1 N–H and O–H groups in total. The molecule has 3 heteroatoms. The van der Waals surface area contributed by atoms with E-state index in [1.165, 1.54) is 24.0 Å². The number of allylic oxidation sites excluding steroid dienone is 1. The predicted octanol–water partition coefficient (Wildman–Crippen LogP) is 3.26. The lowest BCUT2D eigenvalue weighted by Gasteiger charge is -2.53. The fourth-order valence-electron chi connectivity index (χ4n) is 4.63. The Bertz CT molecular complexity index is 556. The highest BCUT2D eigenvalue weighted by atomic mass is 16.3. The lowest BCUT2D eigenvalue weighted by Crippen LogP contribution is -2.61. The van der Waals surface area contributed by atoms with Crippen LogP contribution >= 0.6 is 0 Å². The molecule has 0 saturated carbocycles. The van der Waals surface area contributed by atoms with Crippen LogP contribution in [-0.4, -0.2) is 60.8 Å². The van der Waals surface area contributed by atoms with E-state index in [0.717, 1.165) is 39.0 Å². The third kappa shape index (κ3) is 3.58. The van der Waals surface area contributed by atoms with Gasteiger partial charge in [-0.15, -0.1) is 0 Å². The molecule has 0 unspecified atom stereocenters. The third-order valence-corrected chi connectivity index (χ3v) is 6.09. The highest BCUT2D eigenvalue weighted by molar-refractivity contribution is 5.66. The zero-order chi connectivity index (χ0) is 17.0. The van der Waals surface area contributed by atoms with E-state index in [9.17, 15) is 5.11 Å². The largest absolute Gasteiger partial charge is 0.396 e. The van der Waals surface area contributed by atoms with Gasteiger partial charge in [0.25, 0.3) is 0 Å². The molecule has 0 aliphatic carbocycles. The van der Waals surface area contributed by atoms with Gasteiger partial charge in [0.05, 0.1) is 6.61 Å². The summed E-state index contributed by atoms with van der Waals surface area (Å²) in [7, 11) is 2.23. The van der Waals surface area contributed by atoms with Crippen molar-refractivity contribution < 1.29 is 5.11 Å². The summed E-state index contributed by atoms with van der Waals surface area (Å²) < 4.78 is 0. The van der Waals surface area contributed by atoms with Crippen LogP contribution < -0.4 is 0 Å². The fraction of sp³-hybridized carbons (Fsp3) is 0.619. The average Bonchev–Trinajstić information content (AvgIpc) is 2.63. The first-order valence-corrected chi connectivity index (χ1v) is 9.46. The summed E-state index contributed by atoms with van der Waals surface area (Å²) in [5.41, 5.74) is 2.91. The first-order valence-electron chi connectivity index (χ1n) is 9.46. The molecule has 0 bridgehead atoms. The van der Waals surface area contributed by atoms with E-state index in [1.54, 1.807) is 0 Å². The van der Waals surface area contributed by atoms with Crippen LogP contribution in [0.15, 0.2) is 36.4 Å². The van der Waals surface area contributed by atoms with Crippen molar-refractivity contribution >= 4 is 5.57 Å². The molecular formula is C21H32N2O. The molecule has 3 nitrogen and oxygen atoms in total. The van der Waals surface area contributed by atoms with E-state index in [-0.39, 0.29) is 5.41 Å². The van der Waals surface area contributed by atoms with Gasteiger partial charge in [0.15, 0.2) is 0 Å². The monoisotopic (exact) mass is 328 g/mol. The van der Waals surface area contributed by atoms with Gasteiger partial charge >= 0.3 is 0 Å². The smallest absolute Gasteiger partial charge is 0.0503 e. The van der Waals surface area contributed by atoms with Gasteiger partial charge < -0.3 is 10.0 Å². The minimum atomic E-state index is 0.130.